The summed E-state index contributed by atoms with van der Waals surface area (Å²) < 4.78 is -1.00. The topological polar surface area (TPSA) is 66.1 Å². The minimum atomic E-state index is -1.00. The second kappa shape index (κ2) is 6.98. The number of hydrogen-bond acceptors (Lipinski definition) is 3. The third kappa shape index (κ3) is 3.84. The number of para-hydroxylation sites is 1. The second-order valence-electron chi connectivity index (χ2n) is 6.73. The average molecular weight is 402 g/mol. The van der Waals surface area contributed by atoms with Crippen LogP contribution < -0.4 is 5.56 Å². The average Bonchev–Trinajstić information content (AvgIpc) is 3.30. The molecule has 0 bridgehead atoms. The van der Waals surface area contributed by atoms with E-state index in [0.717, 1.165) is 5.56 Å². The van der Waals surface area contributed by atoms with Crippen molar-refractivity contribution in [2.75, 3.05) is 0 Å². The van der Waals surface area contributed by atoms with Crippen molar-refractivity contribution in [3.05, 3.63) is 76.3 Å². The van der Waals surface area contributed by atoms with Crippen molar-refractivity contribution in [1.82, 2.24) is 14.9 Å². The first-order valence-corrected chi connectivity index (χ1v) is 9.38. The van der Waals surface area contributed by atoms with Gasteiger partial charge in [-0.25, -0.2) is 4.98 Å². The van der Waals surface area contributed by atoms with Crippen LogP contribution in [-0.4, -0.2) is 25.1 Å². The molecule has 7 heteroatoms. The zero-order valence-electron chi connectivity index (χ0n) is 14.4. The van der Waals surface area contributed by atoms with Crippen LogP contribution in [0.25, 0.3) is 10.9 Å². The van der Waals surface area contributed by atoms with Crippen molar-refractivity contribution in [1.29, 1.82) is 0 Å². The Kier molecular flexibility index (Phi) is 4.66. The first kappa shape index (κ1) is 18.0. The summed E-state index contributed by atoms with van der Waals surface area (Å²) in [6, 6.07) is 16.7. The van der Waals surface area contributed by atoms with Gasteiger partial charge in [0, 0.05) is 6.54 Å². The van der Waals surface area contributed by atoms with Gasteiger partial charge in [-0.1, -0.05) is 42.5 Å². The molecule has 1 amide bonds. The van der Waals surface area contributed by atoms with Crippen LogP contribution in [0.2, 0.25) is 0 Å². The first-order chi connectivity index (χ1) is 12.9. The van der Waals surface area contributed by atoms with Crippen LogP contribution in [-0.2, 0) is 17.9 Å². The molecule has 1 saturated carbocycles. The largest absolute Gasteiger partial charge is 0.331 e. The summed E-state index contributed by atoms with van der Waals surface area (Å²) in [6.45, 7) is 0.560. The second-order valence-corrected chi connectivity index (χ2v) is 8.27. The molecular formula is C20H17Cl2N3O2. The Balaban J connectivity index is 1.64. The van der Waals surface area contributed by atoms with E-state index in [4.69, 9.17) is 23.2 Å². The lowest BCUT2D eigenvalue weighted by Gasteiger charge is -2.23. The van der Waals surface area contributed by atoms with E-state index in [0.29, 0.717) is 29.7 Å². The van der Waals surface area contributed by atoms with E-state index in [1.165, 1.54) is 0 Å². The zero-order chi connectivity index (χ0) is 19.0. The number of amides is 1. The highest BCUT2D eigenvalue weighted by Crippen LogP contribution is 2.54. The SMILES string of the molecule is O=C(C1CC1(Cl)Cl)N(Cc1ccccc1)Cc1nc2ccccc2c(=O)[nH]1. The van der Waals surface area contributed by atoms with Crippen molar-refractivity contribution < 1.29 is 4.79 Å². The molecule has 5 nitrogen and oxygen atoms in total. The molecule has 1 aliphatic carbocycles. The van der Waals surface area contributed by atoms with Gasteiger partial charge < -0.3 is 9.88 Å². The normalized spacial score (nSPS) is 17.6. The predicted octanol–water partition coefficient (Wildman–Crippen LogP) is 3.65. The molecule has 4 rings (SSSR count). The number of hydrogen-bond donors (Lipinski definition) is 1. The summed E-state index contributed by atoms with van der Waals surface area (Å²) in [7, 11) is 0. The van der Waals surface area contributed by atoms with Crippen molar-refractivity contribution in [2.24, 2.45) is 5.92 Å². The van der Waals surface area contributed by atoms with Crippen LogP contribution in [0.15, 0.2) is 59.4 Å². The number of rotatable bonds is 5. The number of carbonyl (C=O) groups excluding carboxylic acids is 1. The minimum absolute atomic E-state index is 0.139. The smallest absolute Gasteiger partial charge is 0.258 e. The quantitative estimate of drug-likeness (QED) is 0.663. The molecule has 0 aliphatic heterocycles. The Morgan fingerprint density at radius 2 is 1.78 bits per heavy atom. The fourth-order valence-corrected chi connectivity index (χ4v) is 3.60. The van der Waals surface area contributed by atoms with E-state index >= 15 is 0 Å². The van der Waals surface area contributed by atoms with E-state index < -0.39 is 10.3 Å². The molecule has 27 heavy (non-hydrogen) atoms. The lowest BCUT2D eigenvalue weighted by Crippen LogP contribution is -2.34. The summed E-state index contributed by atoms with van der Waals surface area (Å²) in [5.41, 5.74) is 1.35. The first-order valence-electron chi connectivity index (χ1n) is 8.62. The van der Waals surface area contributed by atoms with Gasteiger partial charge in [-0.15, -0.1) is 23.2 Å². The fourth-order valence-electron chi connectivity index (χ4n) is 3.11. The fraction of sp³-hybridized carbons (Fsp3) is 0.250. The maximum absolute atomic E-state index is 12.9. The molecule has 0 spiro atoms. The standard InChI is InChI=1S/C20H17Cl2N3O2/c21-20(22)10-15(20)19(27)25(11-13-6-2-1-3-7-13)12-17-23-16-9-5-4-8-14(16)18(26)24-17/h1-9,15H,10-12H2,(H,23,24,26). The molecule has 2 aromatic carbocycles. The van der Waals surface area contributed by atoms with Crippen LogP contribution >= 0.6 is 23.2 Å². The van der Waals surface area contributed by atoms with Crippen LogP contribution in [0.1, 0.15) is 17.8 Å². The van der Waals surface area contributed by atoms with Crippen molar-refractivity contribution in [2.45, 2.75) is 23.8 Å². The van der Waals surface area contributed by atoms with E-state index in [9.17, 15) is 9.59 Å². The Labute approximate surface area is 165 Å². The van der Waals surface area contributed by atoms with E-state index in [1.807, 2.05) is 36.4 Å². The summed E-state index contributed by atoms with van der Waals surface area (Å²) in [5.74, 6) is -0.144. The number of fused-ring (bicyclic) bond motifs is 1. The van der Waals surface area contributed by atoms with Crippen LogP contribution in [0.4, 0.5) is 0 Å². The molecule has 1 fully saturated rings. The highest BCUT2D eigenvalue weighted by Gasteiger charge is 2.57. The lowest BCUT2D eigenvalue weighted by molar-refractivity contribution is -0.134. The lowest BCUT2D eigenvalue weighted by atomic mass is 10.2. The van der Waals surface area contributed by atoms with Gasteiger partial charge in [0.2, 0.25) is 5.91 Å². The third-order valence-corrected chi connectivity index (χ3v) is 5.49. The number of alkyl halides is 2. The van der Waals surface area contributed by atoms with Gasteiger partial charge in [-0.3, -0.25) is 9.59 Å². The Hall–Kier alpha value is -2.37. The predicted molar refractivity (Wildman–Crippen MR) is 106 cm³/mol. The monoisotopic (exact) mass is 401 g/mol. The van der Waals surface area contributed by atoms with Crippen LogP contribution in [0, 0.1) is 5.92 Å². The maximum Gasteiger partial charge on any atom is 0.258 e. The van der Waals surface area contributed by atoms with Crippen LogP contribution in [0.5, 0.6) is 0 Å². The molecule has 1 atom stereocenters. The molecule has 3 aromatic rings. The van der Waals surface area contributed by atoms with Crippen LogP contribution in [0.3, 0.4) is 0 Å². The van der Waals surface area contributed by atoms with Gasteiger partial charge in [0.15, 0.2) is 0 Å². The maximum atomic E-state index is 12.9. The van der Waals surface area contributed by atoms with E-state index in [-0.39, 0.29) is 18.0 Å². The Morgan fingerprint density at radius 1 is 1.11 bits per heavy atom. The van der Waals surface area contributed by atoms with Crippen molar-refractivity contribution in [3.8, 4) is 0 Å². The number of nitrogens with one attached hydrogen (secondary N) is 1. The van der Waals surface area contributed by atoms with Crippen molar-refractivity contribution >= 4 is 40.0 Å². The third-order valence-electron chi connectivity index (χ3n) is 4.65. The Bertz CT molecular complexity index is 1050. The van der Waals surface area contributed by atoms with E-state index in [1.54, 1.807) is 23.1 Å². The van der Waals surface area contributed by atoms with Gasteiger partial charge >= 0.3 is 0 Å². The number of halogens is 2. The van der Waals surface area contributed by atoms with Gasteiger partial charge in [0.1, 0.15) is 10.2 Å². The molecule has 1 aromatic heterocycles. The highest BCUT2D eigenvalue weighted by atomic mass is 35.5. The minimum Gasteiger partial charge on any atom is -0.331 e. The number of H-pyrrole nitrogens is 1. The number of aromatic nitrogens is 2. The molecule has 0 saturated heterocycles. The van der Waals surface area contributed by atoms with Crippen molar-refractivity contribution in [3.63, 3.8) is 0 Å². The van der Waals surface area contributed by atoms with Gasteiger partial charge in [-0.05, 0) is 24.1 Å². The Morgan fingerprint density at radius 3 is 2.48 bits per heavy atom. The molecule has 1 N–H and O–H groups in total. The summed E-state index contributed by atoms with van der Waals surface area (Å²) >= 11 is 12.2. The molecule has 1 aliphatic rings. The number of aromatic amines is 1. The number of benzene rings is 2. The summed E-state index contributed by atoms with van der Waals surface area (Å²) in [4.78, 5) is 34.1. The number of carbonyl (C=O) groups is 1. The molecule has 0 radical (unpaired) electrons. The molecular weight excluding hydrogens is 385 g/mol. The summed E-state index contributed by atoms with van der Waals surface area (Å²) in [6.07, 6.45) is 0.432. The number of nitrogens with zero attached hydrogens (tertiary/aromatic N) is 2. The highest BCUT2D eigenvalue weighted by molar-refractivity contribution is 6.52. The summed E-state index contributed by atoms with van der Waals surface area (Å²) in [5, 5.41) is 0.518. The zero-order valence-corrected chi connectivity index (χ0v) is 15.9. The van der Waals surface area contributed by atoms with E-state index in [2.05, 4.69) is 9.97 Å². The van der Waals surface area contributed by atoms with Gasteiger partial charge in [-0.2, -0.15) is 0 Å². The van der Waals surface area contributed by atoms with Gasteiger partial charge in [0.05, 0.1) is 23.4 Å². The molecule has 1 heterocycles. The molecule has 138 valence electrons. The van der Waals surface area contributed by atoms with Gasteiger partial charge in [0.25, 0.3) is 5.56 Å². The molecule has 1 unspecified atom stereocenters.